The molecule has 4 heteroatoms. The summed E-state index contributed by atoms with van der Waals surface area (Å²) in [4.78, 5) is 14.9. The summed E-state index contributed by atoms with van der Waals surface area (Å²) in [7, 11) is 0. The van der Waals surface area contributed by atoms with Crippen molar-refractivity contribution in [3.05, 3.63) is 0 Å². The van der Waals surface area contributed by atoms with E-state index in [4.69, 9.17) is 4.74 Å². The fraction of sp³-hybridized carbons (Fsp3) is 0.941. The summed E-state index contributed by atoms with van der Waals surface area (Å²) in [6.07, 6.45) is 6.24. The summed E-state index contributed by atoms with van der Waals surface area (Å²) < 4.78 is 5.32. The number of nitrogens with zero attached hydrogens (tertiary/aromatic N) is 1. The van der Waals surface area contributed by atoms with Gasteiger partial charge in [0.15, 0.2) is 0 Å². The molecule has 0 aromatic rings. The molecule has 1 saturated heterocycles. The minimum Gasteiger partial charge on any atom is -0.465 e. The van der Waals surface area contributed by atoms with Crippen LogP contribution in [0.5, 0.6) is 0 Å². The molecule has 1 aliphatic heterocycles. The Bertz CT molecular complexity index is 318. The van der Waals surface area contributed by atoms with Gasteiger partial charge in [0.25, 0.3) is 0 Å². The first-order valence-electron chi connectivity index (χ1n) is 8.62. The van der Waals surface area contributed by atoms with Crippen molar-refractivity contribution in [3.63, 3.8) is 0 Å². The van der Waals surface area contributed by atoms with Gasteiger partial charge in [-0.25, -0.2) is 0 Å². The molecule has 0 saturated carbocycles. The standard InChI is InChI=1S/C17H34N2O2/c1-6-10-15-11-8-9-12-19(15)13-17(5,18-14(3)4)16(20)21-7-2/h14-15,18H,6-13H2,1-5H3. The second kappa shape index (κ2) is 8.74. The number of carbonyl (C=O) groups is 1. The smallest absolute Gasteiger partial charge is 0.327 e. The van der Waals surface area contributed by atoms with Gasteiger partial charge in [0.05, 0.1) is 6.61 Å². The zero-order valence-electron chi connectivity index (χ0n) is 14.6. The van der Waals surface area contributed by atoms with Crippen LogP contribution in [-0.2, 0) is 9.53 Å². The van der Waals surface area contributed by atoms with Gasteiger partial charge in [0.1, 0.15) is 5.54 Å². The lowest BCUT2D eigenvalue weighted by atomic mass is 9.93. The number of hydrogen-bond acceptors (Lipinski definition) is 4. The van der Waals surface area contributed by atoms with Gasteiger partial charge in [-0.05, 0) is 53.5 Å². The van der Waals surface area contributed by atoms with Crippen molar-refractivity contribution in [2.45, 2.75) is 84.3 Å². The highest BCUT2D eigenvalue weighted by molar-refractivity contribution is 5.80. The highest BCUT2D eigenvalue weighted by atomic mass is 16.5. The summed E-state index contributed by atoms with van der Waals surface area (Å²) in [5, 5.41) is 3.43. The van der Waals surface area contributed by atoms with E-state index in [9.17, 15) is 4.79 Å². The third-order valence-corrected chi connectivity index (χ3v) is 4.22. The molecule has 2 unspecified atom stereocenters. The summed E-state index contributed by atoms with van der Waals surface area (Å²) in [6, 6.07) is 0.875. The van der Waals surface area contributed by atoms with Gasteiger partial charge in [0, 0.05) is 18.6 Å². The Morgan fingerprint density at radius 1 is 1.38 bits per heavy atom. The van der Waals surface area contributed by atoms with Gasteiger partial charge < -0.3 is 4.74 Å². The number of hydrogen-bond donors (Lipinski definition) is 1. The Morgan fingerprint density at radius 2 is 2.10 bits per heavy atom. The van der Waals surface area contributed by atoms with Crippen LogP contribution in [0, 0.1) is 0 Å². The van der Waals surface area contributed by atoms with E-state index in [0.29, 0.717) is 12.6 Å². The largest absolute Gasteiger partial charge is 0.465 e. The van der Waals surface area contributed by atoms with Crippen molar-refractivity contribution in [1.82, 2.24) is 10.2 Å². The van der Waals surface area contributed by atoms with Crippen molar-refractivity contribution in [2.24, 2.45) is 0 Å². The first kappa shape index (κ1) is 18.4. The van der Waals surface area contributed by atoms with Crippen molar-refractivity contribution in [1.29, 1.82) is 0 Å². The lowest BCUT2D eigenvalue weighted by Gasteiger charge is -2.42. The maximum absolute atomic E-state index is 12.4. The molecule has 0 bridgehead atoms. The Hall–Kier alpha value is -0.610. The van der Waals surface area contributed by atoms with Crippen LogP contribution in [-0.4, -0.2) is 48.2 Å². The number of likely N-dealkylation sites (tertiary alicyclic amines) is 1. The fourth-order valence-corrected chi connectivity index (χ4v) is 3.43. The molecule has 1 rings (SSSR count). The SMILES string of the molecule is CCCC1CCCCN1CC(C)(NC(C)C)C(=O)OCC. The third-order valence-electron chi connectivity index (χ3n) is 4.22. The third kappa shape index (κ3) is 5.59. The average molecular weight is 298 g/mol. The van der Waals surface area contributed by atoms with E-state index < -0.39 is 5.54 Å². The number of carbonyl (C=O) groups excluding carboxylic acids is 1. The van der Waals surface area contributed by atoms with E-state index in [1.807, 2.05) is 13.8 Å². The molecule has 0 spiro atoms. The van der Waals surface area contributed by atoms with Crippen LogP contribution in [0.3, 0.4) is 0 Å². The van der Waals surface area contributed by atoms with E-state index in [-0.39, 0.29) is 12.0 Å². The first-order valence-corrected chi connectivity index (χ1v) is 8.62. The van der Waals surface area contributed by atoms with Crippen LogP contribution in [0.4, 0.5) is 0 Å². The predicted octanol–water partition coefficient (Wildman–Crippen LogP) is 2.96. The molecule has 21 heavy (non-hydrogen) atoms. The average Bonchev–Trinajstić information content (AvgIpc) is 2.40. The van der Waals surface area contributed by atoms with Gasteiger partial charge in [-0.2, -0.15) is 0 Å². The normalized spacial score (nSPS) is 23.0. The molecule has 0 aliphatic carbocycles. The Balaban J connectivity index is 2.80. The molecule has 124 valence electrons. The van der Waals surface area contributed by atoms with Crippen LogP contribution in [0.15, 0.2) is 0 Å². The maximum Gasteiger partial charge on any atom is 0.327 e. The molecular formula is C17H34N2O2. The minimum absolute atomic E-state index is 0.125. The van der Waals surface area contributed by atoms with Crippen LogP contribution in [0.25, 0.3) is 0 Å². The van der Waals surface area contributed by atoms with E-state index >= 15 is 0 Å². The number of piperidine rings is 1. The Labute approximate surface area is 130 Å². The first-order chi connectivity index (χ1) is 9.92. The highest BCUT2D eigenvalue weighted by Gasteiger charge is 2.39. The van der Waals surface area contributed by atoms with Gasteiger partial charge in [0.2, 0.25) is 0 Å². The van der Waals surface area contributed by atoms with Crippen molar-refractivity contribution >= 4 is 5.97 Å². The summed E-state index contributed by atoms with van der Waals surface area (Å²) in [6.45, 7) is 12.5. The van der Waals surface area contributed by atoms with Crippen molar-refractivity contribution in [3.8, 4) is 0 Å². The zero-order chi connectivity index (χ0) is 15.9. The number of ether oxygens (including phenoxy) is 1. The fourth-order valence-electron chi connectivity index (χ4n) is 3.43. The van der Waals surface area contributed by atoms with Crippen molar-refractivity contribution in [2.75, 3.05) is 19.7 Å². The molecule has 2 atom stereocenters. The Kier molecular flexibility index (Phi) is 7.67. The molecule has 0 aromatic heterocycles. The molecule has 4 nitrogen and oxygen atoms in total. The van der Waals surface area contributed by atoms with Crippen LogP contribution in [0.2, 0.25) is 0 Å². The maximum atomic E-state index is 12.4. The minimum atomic E-state index is -0.618. The molecular weight excluding hydrogens is 264 g/mol. The van der Waals surface area contributed by atoms with Gasteiger partial charge in [-0.15, -0.1) is 0 Å². The molecule has 1 N–H and O–H groups in total. The van der Waals surface area contributed by atoms with Crippen LogP contribution < -0.4 is 5.32 Å². The van der Waals surface area contributed by atoms with E-state index in [2.05, 4.69) is 31.0 Å². The number of rotatable bonds is 8. The van der Waals surface area contributed by atoms with Gasteiger partial charge in [-0.3, -0.25) is 15.0 Å². The van der Waals surface area contributed by atoms with Gasteiger partial charge in [-0.1, -0.05) is 19.8 Å². The lowest BCUT2D eigenvalue weighted by molar-refractivity contribution is -0.152. The molecule has 0 radical (unpaired) electrons. The zero-order valence-corrected chi connectivity index (χ0v) is 14.6. The van der Waals surface area contributed by atoms with Crippen molar-refractivity contribution < 1.29 is 9.53 Å². The molecule has 1 aliphatic rings. The van der Waals surface area contributed by atoms with E-state index in [1.54, 1.807) is 0 Å². The van der Waals surface area contributed by atoms with E-state index in [0.717, 1.165) is 13.1 Å². The second-order valence-electron chi connectivity index (χ2n) is 6.76. The number of nitrogens with one attached hydrogen (secondary N) is 1. The molecule has 1 fully saturated rings. The van der Waals surface area contributed by atoms with Crippen LogP contribution in [0.1, 0.15) is 66.7 Å². The molecule has 1 heterocycles. The summed E-state index contributed by atoms with van der Waals surface area (Å²) in [5.74, 6) is -0.125. The molecule has 0 aromatic carbocycles. The van der Waals surface area contributed by atoms with Crippen LogP contribution >= 0.6 is 0 Å². The second-order valence-corrected chi connectivity index (χ2v) is 6.76. The monoisotopic (exact) mass is 298 g/mol. The number of esters is 1. The van der Waals surface area contributed by atoms with Gasteiger partial charge >= 0.3 is 5.97 Å². The quantitative estimate of drug-likeness (QED) is 0.700. The Morgan fingerprint density at radius 3 is 2.67 bits per heavy atom. The summed E-state index contributed by atoms with van der Waals surface area (Å²) in [5.41, 5.74) is -0.618. The lowest BCUT2D eigenvalue weighted by Crippen LogP contribution is -2.61. The predicted molar refractivity (Wildman–Crippen MR) is 87.4 cm³/mol. The summed E-state index contributed by atoms with van der Waals surface area (Å²) >= 11 is 0. The highest BCUT2D eigenvalue weighted by Crippen LogP contribution is 2.23. The van der Waals surface area contributed by atoms with E-state index in [1.165, 1.54) is 32.1 Å². The molecule has 0 amide bonds. The topological polar surface area (TPSA) is 41.6 Å².